The Labute approximate surface area is 149 Å². The molecular formula is C17H23IN4. The third-order valence-electron chi connectivity index (χ3n) is 4.90. The van der Waals surface area contributed by atoms with E-state index in [-0.39, 0.29) is 24.0 Å². The monoisotopic (exact) mass is 410 g/mol. The van der Waals surface area contributed by atoms with Gasteiger partial charge in [-0.1, -0.05) is 18.6 Å². The maximum atomic E-state index is 8.81. The van der Waals surface area contributed by atoms with Gasteiger partial charge in [0, 0.05) is 26.7 Å². The van der Waals surface area contributed by atoms with Crippen LogP contribution in [0, 0.1) is 16.7 Å². The summed E-state index contributed by atoms with van der Waals surface area (Å²) in [6.45, 7) is 3.02. The molecule has 1 aromatic rings. The third-order valence-corrected chi connectivity index (χ3v) is 4.90. The van der Waals surface area contributed by atoms with Crippen LogP contribution >= 0.6 is 24.0 Å². The molecule has 1 aliphatic carbocycles. The lowest BCUT2D eigenvalue weighted by molar-refractivity contribution is 0.151. The minimum absolute atomic E-state index is 0. The zero-order valence-corrected chi connectivity index (χ0v) is 15.3. The lowest BCUT2D eigenvalue weighted by Crippen LogP contribution is -2.42. The van der Waals surface area contributed by atoms with Crippen LogP contribution in [-0.2, 0) is 6.54 Å². The fraction of sp³-hybridized carbons (Fsp3) is 0.529. The van der Waals surface area contributed by atoms with Gasteiger partial charge in [0.25, 0.3) is 0 Å². The minimum Gasteiger partial charge on any atom is -0.352 e. The number of hydrogen-bond acceptors (Lipinski definition) is 2. The van der Waals surface area contributed by atoms with Crippen LogP contribution in [-0.4, -0.2) is 31.0 Å². The predicted octanol–water partition coefficient (Wildman–Crippen LogP) is 3.13. The first-order chi connectivity index (χ1) is 10.2. The van der Waals surface area contributed by atoms with Gasteiger partial charge < -0.3 is 10.2 Å². The van der Waals surface area contributed by atoms with E-state index in [0.29, 0.717) is 11.0 Å². The molecule has 0 aromatic heterocycles. The molecule has 1 aromatic carbocycles. The summed E-state index contributed by atoms with van der Waals surface area (Å²) in [7, 11) is 1.85. The Morgan fingerprint density at radius 2 is 2.05 bits per heavy atom. The highest BCUT2D eigenvalue weighted by molar-refractivity contribution is 14.0. The number of hydrogen-bond donors (Lipinski definition) is 1. The van der Waals surface area contributed by atoms with Crippen molar-refractivity contribution in [3.05, 3.63) is 35.4 Å². The first-order valence-corrected chi connectivity index (χ1v) is 7.69. The summed E-state index contributed by atoms with van der Waals surface area (Å²) in [5.41, 5.74) is 2.47. The highest BCUT2D eigenvalue weighted by atomic mass is 127. The summed E-state index contributed by atoms with van der Waals surface area (Å²) in [5, 5.41) is 12.3. The van der Waals surface area contributed by atoms with Crippen molar-refractivity contribution in [3.63, 3.8) is 0 Å². The van der Waals surface area contributed by atoms with Gasteiger partial charge >= 0.3 is 0 Å². The largest absolute Gasteiger partial charge is 0.352 e. The number of likely N-dealkylation sites (tertiary alicyclic amines) is 1. The standard InChI is InChI=1S/C17H22N4.HI/c1-19-16(21-10-9-17(13-21)7-2-8-17)20-12-15-5-3-14(11-18)4-6-15;/h3-6H,2,7-10,12-13H2,1H3,(H,19,20);1H. The van der Waals surface area contributed by atoms with Crippen molar-refractivity contribution < 1.29 is 0 Å². The van der Waals surface area contributed by atoms with Gasteiger partial charge in [-0.25, -0.2) is 0 Å². The summed E-state index contributed by atoms with van der Waals surface area (Å²) in [5.74, 6) is 1.00. The highest BCUT2D eigenvalue weighted by Gasteiger charge is 2.43. The summed E-state index contributed by atoms with van der Waals surface area (Å²) >= 11 is 0. The van der Waals surface area contributed by atoms with Crippen LogP contribution in [0.4, 0.5) is 0 Å². The lowest BCUT2D eigenvalue weighted by atomic mass is 9.68. The Morgan fingerprint density at radius 1 is 1.32 bits per heavy atom. The second kappa shape index (κ2) is 7.32. The molecule has 0 radical (unpaired) electrons. The maximum absolute atomic E-state index is 8.81. The van der Waals surface area contributed by atoms with Gasteiger partial charge in [-0.05, 0) is 42.4 Å². The van der Waals surface area contributed by atoms with Crippen LogP contribution in [0.25, 0.3) is 0 Å². The Morgan fingerprint density at radius 3 is 2.55 bits per heavy atom. The topological polar surface area (TPSA) is 51.4 Å². The molecule has 1 heterocycles. The SMILES string of the molecule is CN=C(NCc1ccc(C#N)cc1)N1CCC2(CCC2)C1.I. The van der Waals surface area contributed by atoms with E-state index in [1.54, 1.807) is 0 Å². The molecule has 22 heavy (non-hydrogen) atoms. The van der Waals surface area contributed by atoms with E-state index in [0.717, 1.165) is 25.6 Å². The van der Waals surface area contributed by atoms with E-state index >= 15 is 0 Å². The molecule has 0 bridgehead atoms. The van der Waals surface area contributed by atoms with E-state index in [1.165, 1.54) is 31.2 Å². The Hall–Kier alpha value is -1.29. The van der Waals surface area contributed by atoms with E-state index in [2.05, 4.69) is 21.3 Å². The van der Waals surface area contributed by atoms with E-state index in [4.69, 9.17) is 5.26 Å². The van der Waals surface area contributed by atoms with Crippen molar-refractivity contribution in [2.75, 3.05) is 20.1 Å². The Bertz CT molecular complexity index is 569. The molecule has 1 aliphatic heterocycles. The van der Waals surface area contributed by atoms with Crippen LogP contribution in [0.15, 0.2) is 29.3 Å². The maximum Gasteiger partial charge on any atom is 0.193 e. The van der Waals surface area contributed by atoms with Gasteiger partial charge in [-0.15, -0.1) is 24.0 Å². The van der Waals surface area contributed by atoms with Crippen LogP contribution < -0.4 is 5.32 Å². The molecule has 5 heteroatoms. The Balaban J connectivity index is 0.00000176. The number of halogens is 1. The molecule has 1 saturated carbocycles. The van der Waals surface area contributed by atoms with E-state index < -0.39 is 0 Å². The van der Waals surface area contributed by atoms with Crippen LogP contribution in [0.1, 0.15) is 36.8 Å². The van der Waals surface area contributed by atoms with Gasteiger partial charge in [0.1, 0.15) is 0 Å². The summed E-state index contributed by atoms with van der Waals surface area (Å²) < 4.78 is 0. The van der Waals surface area contributed by atoms with Crippen molar-refractivity contribution >= 4 is 29.9 Å². The average Bonchev–Trinajstić information content (AvgIpc) is 2.94. The van der Waals surface area contributed by atoms with E-state index in [1.807, 2.05) is 31.3 Å². The molecule has 1 spiro atoms. The van der Waals surface area contributed by atoms with E-state index in [9.17, 15) is 0 Å². The molecule has 2 fully saturated rings. The van der Waals surface area contributed by atoms with Gasteiger partial charge in [0.2, 0.25) is 0 Å². The van der Waals surface area contributed by atoms with Crippen molar-refractivity contribution in [2.45, 2.75) is 32.2 Å². The average molecular weight is 410 g/mol. The fourth-order valence-corrected chi connectivity index (χ4v) is 3.41. The number of aliphatic imine (C=N–C) groups is 1. The van der Waals surface area contributed by atoms with Gasteiger partial charge in [0.15, 0.2) is 5.96 Å². The van der Waals surface area contributed by atoms with Crippen LogP contribution in [0.5, 0.6) is 0 Å². The minimum atomic E-state index is 0. The Kier molecular flexibility index (Phi) is 5.68. The zero-order chi connectivity index (χ0) is 14.7. The first kappa shape index (κ1) is 17.1. The molecule has 1 saturated heterocycles. The highest BCUT2D eigenvalue weighted by Crippen LogP contribution is 2.47. The van der Waals surface area contributed by atoms with Crippen LogP contribution in [0.3, 0.4) is 0 Å². The molecule has 0 atom stereocenters. The lowest BCUT2D eigenvalue weighted by Gasteiger charge is -2.38. The number of benzene rings is 1. The smallest absolute Gasteiger partial charge is 0.193 e. The summed E-state index contributed by atoms with van der Waals surface area (Å²) in [4.78, 5) is 6.81. The molecule has 118 valence electrons. The second-order valence-corrected chi connectivity index (χ2v) is 6.23. The molecule has 2 aliphatic rings. The number of rotatable bonds is 2. The summed E-state index contributed by atoms with van der Waals surface area (Å²) in [6, 6.07) is 9.86. The number of guanidine groups is 1. The summed E-state index contributed by atoms with van der Waals surface area (Å²) in [6.07, 6.45) is 5.47. The molecule has 0 unspecified atom stereocenters. The van der Waals surface area contributed by atoms with Gasteiger partial charge in [-0.2, -0.15) is 5.26 Å². The number of nitriles is 1. The third kappa shape index (κ3) is 3.54. The van der Waals surface area contributed by atoms with Crippen molar-refractivity contribution in [1.29, 1.82) is 5.26 Å². The molecule has 0 amide bonds. The van der Waals surface area contributed by atoms with Crippen molar-refractivity contribution in [2.24, 2.45) is 10.4 Å². The van der Waals surface area contributed by atoms with Gasteiger partial charge in [0.05, 0.1) is 11.6 Å². The zero-order valence-electron chi connectivity index (χ0n) is 13.0. The normalized spacial score (nSPS) is 19.3. The molecule has 1 N–H and O–H groups in total. The fourth-order valence-electron chi connectivity index (χ4n) is 3.41. The van der Waals surface area contributed by atoms with Crippen molar-refractivity contribution in [3.8, 4) is 6.07 Å². The molecule has 4 nitrogen and oxygen atoms in total. The second-order valence-electron chi connectivity index (χ2n) is 6.23. The number of nitrogens with one attached hydrogen (secondary N) is 1. The molecular weight excluding hydrogens is 387 g/mol. The molecule has 3 rings (SSSR count). The quantitative estimate of drug-likeness (QED) is 0.463. The predicted molar refractivity (Wildman–Crippen MR) is 99.2 cm³/mol. The first-order valence-electron chi connectivity index (χ1n) is 7.69. The van der Waals surface area contributed by atoms with Crippen molar-refractivity contribution in [1.82, 2.24) is 10.2 Å². The van der Waals surface area contributed by atoms with Crippen LogP contribution in [0.2, 0.25) is 0 Å². The number of nitrogens with zero attached hydrogens (tertiary/aromatic N) is 3. The van der Waals surface area contributed by atoms with Gasteiger partial charge in [-0.3, -0.25) is 4.99 Å².